The van der Waals surface area contributed by atoms with Crippen LogP contribution in [0.5, 0.6) is 5.75 Å². The van der Waals surface area contributed by atoms with E-state index in [1.54, 1.807) is 35.7 Å². The number of thiazole rings is 1. The van der Waals surface area contributed by atoms with Gasteiger partial charge in [-0.1, -0.05) is 23.7 Å². The van der Waals surface area contributed by atoms with Crippen LogP contribution in [0.4, 0.5) is 9.52 Å². The van der Waals surface area contributed by atoms with Crippen molar-refractivity contribution in [1.82, 2.24) is 4.98 Å². The number of nitrogens with one attached hydrogen (secondary N) is 1. The van der Waals surface area contributed by atoms with Crippen LogP contribution in [0.15, 0.2) is 47.8 Å². The molecule has 2 aromatic carbocycles. The van der Waals surface area contributed by atoms with Crippen LogP contribution in [0.25, 0.3) is 11.3 Å². The third-order valence-corrected chi connectivity index (χ3v) is 4.38. The van der Waals surface area contributed by atoms with Gasteiger partial charge in [-0.25, -0.2) is 9.37 Å². The lowest BCUT2D eigenvalue weighted by Crippen LogP contribution is -2.12. The molecule has 3 rings (SSSR count). The number of ether oxygens (including phenoxy) is 1. The van der Waals surface area contributed by atoms with Crippen LogP contribution in [0.1, 0.15) is 10.4 Å². The van der Waals surface area contributed by atoms with E-state index < -0.39 is 5.82 Å². The molecule has 1 heterocycles. The first kappa shape index (κ1) is 16.4. The summed E-state index contributed by atoms with van der Waals surface area (Å²) in [6.07, 6.45) is 0. The second kappa shape index (κ2) is 6.98. The number of anilines is 1. The number of hydrogen-bond donors (Lipinski definition) is 1. The van der Waals surface area contributed by atoms with Crippen molar-refractivity contribution in [1.29, 1.82) is 0 Å². The number of hydrogen-bond acceptors (Lipinski definition) is 4. The fraction of sp³-hybridized carbons (Fsp3) is 0.0588. The summed E-state index contributed by atoms with van der Waals surface area (Å²) in [5.74, 6) is -0.645. The van der Waals surface area contributed by atoms with Crippen LogP contribution >= 0.6 is 22.9 Å². The number of halogens is 2. The Hall–Kier alpha value is -2.44. The molecule has 4 nitrogen and oxygen atoms in total. The van der Waals surface area contributed by atoms with E-state index in [2.05, 4.69) is 10.3 Å². The minimum absolute atomic E-state index is 0.168. The number of amides is 1. The number of rotatable bonds is 4. The van der Waals surface area contributed by atoms with Gasteiger partial charge in [-0.15, -0.1) is 11.3 Å². The van der Waals surface area contributed by atoms with Crippen molar-refractivity contribution < 1.29 is 13.9 Å². The molecular weight excluding hydrogens is 351 g/mol. The topological polar surface area (TPSA) is 51.2 Å². The summed E-state index contributed by atoms with van der Waals surface area (Å²) in [7, 11) is 1.41. The molecule has 24 heavy (non-hydrogen) atoms. The molecule has 0 atom stereocenters. The lowest BCUT2D eigenvalue weighted by molar-refractivity contribution is 0.102. The van der Waals surface area contributed by atoms with E-state index in [4.69, 9.17) is 16.3 Å². The molecule has 0 aliphatic rings. The SMILES string of the molecule is COc1ccc(-c2csc(NC(=O)c3ccccc3Cl)n2)cc1F. The van der Waals surface area contributed by atoms with E-state index in [9.17, 15) is 9.18 Å². The highest BCUT2D eigenvalue weighted by molar-refractivity contribution is 7.14. The molecular formula is C17H12ClFN2O2S. The Morgan fingerprint density at radius 2 is 2.08 bits per heavy atom. The lowest BCUT2D eigenvalue weighted by Gasteiger charge is -2.04. The number of carbonyl (C=O) groups excluding carboxylic acids is 1. The molecule has 3 aromatic rings. The fourth-order valence-electron chi connectivity index (χ4n) is 2.10. The summed E-state index contributed by atoms with van der Waals surface area (Å²) in [5.41, 5.74) is 1.53. The highest BCUT2D eigenvalue weighted by Gasteiger charge is 2.13. The van der Waals surface area contributed by atoms with Crippen molar-refractivity contribution in [2.24, 2.45) is 0 Å². The van der Waals surface area contributed by atoms with E-state index in [0.29, 0.717) is 27.0 Å². The smallest absolute Gasteiger partial charge is 0.258 e. The van der Waals surface area contributed by atoms with Crippen molar-refractivity contribution >= 4 is 34.0 Å². The van der Waals surface area contributed by atoms with Crippen LogP contribution < -0.4 is 10.1 Å². The number of methoxy groups -OCH3 is 1. The molecule has 0 radical (unpaired) electrons. The molecule has 122 valence electrons. The maximum atomic E-state index is 13.8. The van der Waals surface area contributed by atoms with Gasteiger partial charge in [0.15, 0.2) is 16.7 Å². The summed E-state index contributed by atoms with van der Waals surface area (Å²) in [6.45, 7) is 0. The summed E-state index contributed by atoms with van der Waals surface area (Å²) in [4.78, 5) is 16.5. The molecule has 0 unspecified atom stereocenters. The second-order valence-electron chi connectivity index (χ2n) is 4.82. The molecule has 1 aromatic heterocycles. The van der Waals surface area contributed by atoms with E-state index in [1.807, 2.05) is 0 Å². The first-order valence-corrected chi connectivity index (χ1v) is 8.19. The maximum Gasteiger partial charge on any atom is 0.258 e. The normalized spacial score (nSPS) is 10.5. The maximum absolute atomic E-state index is 13.8. The molecule has 1 amide bonds. The molecule has 0 aliphatic carbocycles. The Morgan fingerprint density at radius 1 is 1.29 bits per heavy atom. The van der Waals surface area contributed by atoms with E-state index >= 15 is 0 Å². The molecule has 1 N–H and O–H groups in total. The van der Waals surface area contributed by atoms with Gasteiger partial charge in [0.25, 0.3) is 5.91 Å². The summed E-state index contributed by atoms with van der Waals surface area (Å²) in [5, 5.41) is 5.20. The van der Waals surface area contributed by atoms with Gasteiger partial charge in [0.05, 0.1) is 23.4 Å². The quantitative estimate of drug-likeness (QED) is 0.720. The van der Waals surface area contributed by atoms with Gasteiger partial charge in [-0.3, -0.25) is 10.1 Å². The zero-order chi connectivity index (χ0) is 17.1. The number of nitrogens with zero attached hydrogens (tertiary/aromatic N) is 1. The van der Waals surface area contributed by atoms with Crippen molar-refractivity contribution in [3.8, 4) is 17.0 Å². The van der Waals surface area contributed by atoms with E-state index in [1.165, 1.54) is 30.6 Å². The zero-order valence-corrected chi connectivity index (χ0v) is 14.1. The Kier molecular flexibility index (Phi) is 4.78. The Balaban J connectivity index is 1.80. The summed E-state index contributed by atoms with van der Waals surface area (Å²) >= 11 is 7.25. The molecule has 0 aliphatic heterocycles. The molecule has 0 spiro atoms. The minimum Gasteiger partial charge on any atom is -0.494 e. The van der Waals surface area contributed by atoms with Crippen molar-refractivity contribution in [3.63, 3.8) is 0 Å². The van der Waals surface area contributed by atoms with Gasteiger partial charge in [-0.2, -0.15) is 0 Å². The average molecular weight is 363 g/mol. The summed E-state index contributed by atoms with van der Waals surface area (Å²) in [6, 6.07) is 11.3. The van der Waals surface area contributed by atoms with Crippen molar-refractivity contribution in [2.75, 3.05) is 12.4 Å². The van der Waals surface area contributed by atoms with Crippen molar-refractivity contribution in [2.45, 2.75) is 0 Å². The Bertz CT molecular complexity index is 898. The van der Waals surface area contributed by atoms with Gasteiger partial charge in [-0.05, 0) is 30.3 Å². The van der Waals surface area contributed by atoms with Gasteiger partial charge in [0.1, 0.15) is 0 Å². The van der Waals surface area contributed by atoms with Crippen LogP contribution in [0, 0.1) is 5.82 Å². The Labute approximate surface area is 146 Å². The number of aromatic nitrogens is 1. The average Bonchev–Trinajstić information content (AvgIpc) is 3.03. The highest BCUT2D eigenvalue weighted by atomic mass is 35.5. The highest BCUT2D eigenvalue weighted by Crippen LogP contribution is 2.29. The number of carbonyl (C=O) groups is 1. The second-order valence-corrected chi connectivity index (χ2v) is 6.09. The number of benzene rings is 2. The predicted molar refractivity (Wildman–Crippen MR) is 93.5 cm³/mol. The van der Waals surface area contributed by atoms with E-state index in [0.717, 1.165) is 0 Å². The van der Waals surface area contributed by atoms with Gasteiger partial charge in [0.2, 0.25) is 0 Å². The van der Waals surface area contributed by atoms with Crippen LogP contribution in [-0.4, -0.2) is 18.0 Å². The van der Waals surface area contributed by atoms with Crippen LogP contribution in [0.3, 0.4) is 0 Å². The lowest BCUT2D eigenvalue weighted by atomic mass is 10.1. The van der Waals surface area contributed by atoms with Gasteiger partial charge in [0, 0.05) is 10.9 Å². The third-order valence-electron chi connectivity index (χ3n) is 3.29. The Morgan fingerprint density at radius 3 is 2.79 bits per heavy atom. The fourth-order valence-corrected chi connectivity index (χ4v) is 3.04. The van der Waals surface area contributed by atoms with E-state index in [-0.39, 0.29) is 11.7 Å². The zero-order valence-electron chi connectivity index (χ0n) is 12.5. The van der Waals surface area contributed by atoms with Crippen LogP contribution in [0.2, 0.25) is 5.02 Å². The molecule has 0 saturated heterocycles. The van der Waals surface area contributed by atoms with Gasteiger partial charge >= 0.3 is 0 Å². The van der Waals surface area contributed by atoms with Crippen molar-refractivity contribution in [3.05, 3.63) is 64.2 Å². The largest absolute Gasteiger partial charge is 0.494 e. The first-order chi connectivity index (χ1) is 11.6. The summed E-state index contributed by atoms with van der Waals surface area (Å²) < 4.78 is 18.7. The monoisotopic (exact) mass is 362 g/mol. The third kappa shape index (κ3) is 3.39. The van der Waals surface area contributed by atoms with Crippen LogP contribution in [-0.2, 0) is 0 Å². The molecule has 0 bridgehead atoms. The standard InChI is InChI=1S/C17H12ClFN2O2S/c1-23-15-7-6-10(8-13(15)19)14-9-24-17(20-14)21-16(22)11-4-2-3-5-12(11)18/h2-9H,1H3,(H,20,21,22). The minimum atomic E-state index is -0.468. The molecule has 0 saturated carbocycles. The first-order valence-electron chi connectivity index (χ1n) is 6.94. The molecule has 7 heteroatoms. The predicted octanol–water partition coefficient (Wildman–Crippen LogP) is 4.86. The van der Waals surface area contributed by atoms with Gasteiger partial charge < -0.3 is 4.74 Å². The molecule has 0 fully saturated rings.